The van der Waals surface area contributed by atoms with Crippen molar-refractivity contribution in [1.29, 1.82) is 0 Å². The standard InChI is InChI=1S/C14H20O2/c1-9-6-10(2)13(11(3)7-9)12-8-14(4,5)16-15-12/h6-7,12H,8H2,1-5H3. The van der Waals surface area contributed by atoms with E-state index in [1.165, 1.54) is 22.3 Å². The molecular formula is C14H20O2. The van der Waals surface area contributed by atoms with Crippen LogP contribution in [0.3, 0.4) is 0 Å². The van der Waals surface area contributed by atoms with Gasteiger partial charge in [0.2, 0.25) is 0 Å². The summed E-state index contributed by atoms with van der Waals surface area (Å²) in [6.07, 6.45) is 0.994. The van der Waals surface area contributed by atoms with Gasteiger partial charge in [0.1, 0.15) is 11.7 Å². The van der Waals surface area contributed by atoms with Crippen molar-refractivity contribution in [2.24, 2.45) is 0 Å². The van der Waals surface area contributed by atoms with Gasteiger partial charge < -0.3 is 0 Å². The zero-order valence-corrected chi connectivity index (χ0v) is 10.8. The van der Waals surface area contributed by atoms with Gasteiger partial charge in [-0.25, -0.2) is 9.78 Å². The van der Waals surface area contributed by atoms with E-state index >= 15 is 0 Å². The Morgan fingerprint density at radius 2 is 1.69 bits per heavy atom. The van der Waals surface area contributed by atoms with E-state index in [1.54, 1.807) is 0 Å². The van der Waals surface area contributed by atoms with Gasteiger partial charge in [-0.15, -0.1) is 0 Å². The van der Waals surface area contributed by atoms with Gasteiger partial charge in [-0.3, -0.25) is 0 Å². The maximum Gasteiger partial charge on any atom is 0.121 e. The predicted molar refractivity (Wildman–Crippen MR) is 64.3 cm³/mol. The van der Waals surface area contributed by atoms with Crippen molar-refractivity contribution in [3.8, 4) is 0 Å². The summed E-state index contributed by atoms with van der Waals surface area (Å²) in [5.41, 5.74) is 5.01. The summed E-state index contributed by atoms with van der Waals surface area (Å²) >= 11 is 0. The lowest BCUT2D eigenvalue weighted by Crippen LogP contribution is -2.16. The third kappa shape index (κ3) is 2.13. The fourth-order valence-electron chi connectivity index (χ4n) is 2.55. The highest BCUT2D eigenvalue weighted by Crippen LogP contribution is 2.39. The monoisotopic (exact) mass is 220 g/mol. The van der Waals surface area contributed by atoms with Crippen LogP contribution in [-0.4, -0.2) is 5.60 Å². The van der Waals surface area contributed by atoms with E-state index < -0.39 is 0 Å². The normalized spacial score (nSPS) is 23.7. The van der Waals surface area contributed by atoms with E-state index in [4.69, 9.17) is 9.78 Å². The number of benzene rings is 1. The average Bonchev–Trinajstić information content (AvgIpc) is 2.44. The van der Waals surface area contributed by atoms with Crippen LogP contribution in [0.1, 0.15) is 48.6 Å². The van der Waals surface area contributed by atoms with Gasteiger partial charge in [-0.05, 0) is 51.3 Å². The molecule has 1 aliphatic heterocycles. The highest BCUT2D eigenvalue weighted by atomic mass is 17.2. The molecule has 2 nitrogen and oxygen atoms in total. The Morgan fingerprint density at radius 1 is 1.12 bits per heavy atom. The smallest absolute Gasteiger partial charge is 0.121 e. The molecule has 16 heavy (non-hydrogen) atoms. The molecule has 1 fully saturated rings. The summed E-state index contributed by atoms with van der Waals surface area (Å²) in [5, 5.41) is 0. The highest BCUT2D eigenvalue weighted by molar-refractivity contribution is 5.39. The Balaban J connectivity index is 2.35. The molecule has 1 aromatic carbocycles. The maximum absolute atomic E-state index is 5.46. The van der Waals surface area contributed by atoms with Gasteiger partial charge in [-0.1, -0.05) is 17.7 Å². The minimum absolute atomic E-state index is 0.0793. The topological polar surface area (TPSA) is 18.5 Å². The van der Waals surface area contributed by atoms with Crippen LogP contribution in [0.4, 0.5) is 0 Å². The van der Waals surface area contributed by atoms with E-state index in [0.29, 0.717) is 0 Å². The molecule has 1 aromatic rings. The van der Waals surface area contributed by atoms with Crippen molar-refractivity contribution in [2.45, 2.75) is 52.7 Å². The Hall–Kier alpha value is -0.860. The van der Waals surface area contributed by atoms with Gasteiger partial charge >= 0.3 is 0 Å². The van der Waals surface area contributed by atoms with Crippen LogP contribution >= 0.6 is 0 Å². The molecule has 1 unspecified atom stereocenters. The summed E-state index contributed by atoms with van der Waals surface area (Å²) in [5.74, 6) is 0. The fraction of sp³-hybridized carbons (Fsp3) is 0.571. The molecule has 2 heteroatoms. The Morgan fingerprint density at radius 3 is 2.12 bits per heavy atom. The minimum Gasteiger partial charge on any atom is -0.230 e. The van der Waals surface area contributed by atoms with Crippen LogP contribution in [-0.2, 0) is 9.78 Å². The van der Waals surface area contributed by atoms with Crippen LogP contribution in [0, 0.1) is 20.8 Å². The summed E-state index contributed by atoms with van der Waals surface area (Å²) in [7, 11) is 0. The molecule has 0 bridgehead atoms. The lowest BCUT2D eigenvalue weighted by atomic mass is 9.90. The lowest BCUT2D eigenvalue weighted by molar-refractivity contribution is -0.320. The largest absolute Gasteiger partial charge is 0.230 e. The molecule has 88 valence electrons. The van der Waals surface area contributed by atoms with Crippen molar-refractivity contribution in [1.82, 2.24) is 0 Å². The zero-order valence-electron chi connectivity index (χ0n) is 10.8. The van der Waals surface area contributed by atoms with E-state index in [0.717, 1.165) is 6.42 Å². The van der Waals surface area contributed by atoms with Gasteiger partial charge in [0, 0.05) is 6.42 Å². The van der Waals surface area contributed by atoms with Crippen molar-refractivity contribution >= 4 is 0 Å². The van der Waals surface area contributed by atoms with Crippen LogP contribution in [0.15, 0.2) is 12.1 Å². The first-order valence-corrected chi connectivity index (χ1v) is 5.81. The Kier molecular flexibility index (Phi) is 2.81. The van der Waals surface area contributed by atoms with E-state index in [2.05, 4.69) is 46.8 Å². The van der Waals surface area contributed by atoms with Gasteiger partial charge in [-0.2, -0.15) is 0 Å². The van der Waals surface area contributed by atoms with E-state index in [1.807, 2.05) is 0 Å². The molecule has 0 radical (unpaired) electrons. The van der Waals surface area contributed by atoms with Gasteiger partial charge in [0.15, 0.2) is 0 Å². The molecule has 0 N–H and O–H groups in total. The first-order valence-electron chi connectivity index (χ1n) is 5.81. The molecule has 0 amide bonds. The molecule has 0 aliphatic carbocycles. The van der Waals surface area contributed by atoms with Crippen LogP contribution in [0.25, 0.3) is 0 Å². The first kappa shape index (κ1) is 11.6. The third-order valence-corrected chi connectivity index (χ3v) is 3.13. The van der Waals surface area contributed by atoms with Crippen molar-refractivity contribution in [3.05, 3.63) is 34.4 Å². The molecular weight excluding hydrogens is 200 g/mol. The second-order valence-corrected chi connectivity index (χ2v) is 5.44. The van der Waals surface area contributed by atoms with Crippen LogP contribution < -0.4 is 0 Å². The van der Waals surface area contributed by atoms with Crippen LogP contribution in [0.5, 0.6) is 0 Å². The van der Waals surface area contributed by atoms with Gasteiger partial charge in [0.25, 0.3) is 0 Å². The Bertz CT molecular complexity index is 384. The predicted octanol–water partition coefficient (Wildman–Crippen LogP) is 3.78. The van der Waals surface area contributed by atoms with Crippen LogP contribution in [0.2, 0.25) is 0 Å². The molecule has 1 aliphatic rings. The molecule has 0 aromatic heterocycles. The average molecular weight is 220 g/mol. The van der Waals surface area contributed by atoms with Crippen molar-refractivity contribution in [2.75, 3.05) is 0 Å². The molecule has 0 saturated carbocycles. The number of aryl methyl sites for hydroxylation is 3. The lowest BCUT2D eigenvalue weighted by Gasteiger charge is -2.15. The molecule has 1 atom stereocenters. The number of hydrogen-bond donors (Lipinski definition) is 0. The van der Waals surface area contributed by atoms with Crippen molar-refractivity contribution in [3.63, 3.8) is 0 Å². The third-order valence-electron chi connectivity index (χ3n) is 3.13. The molecule has 1 heterocycles. The maximum atomic E-state index is 5.46. The molecule has 2 rings (SSSR count). The SMILES string of the molecule is Cc1cc(C)c(C2CC(C)(C)OO2)c(C)c1. The minimum atomic E-state index is -0.172. The van der Waals surface area contributed by atoms with E-state index in [-0.39, 0.29) is 11.7 Å². The second-order valence-electron chi connectivity index (χ2n) is 5.44. The summed E-state index contributed by atoms with van der Waals surface area (Å²) in [6.45, 7) is 10.5. The number of rotatable bonds is 1. The summed E-state index contributed by atoms with van der Waals surface area (Å²) < 4.78 is 0. The number of hydrogen-bond acceptors (Lipinski definition) is 2. The summed E-state index contributed by atoms with van der Waals surface area (Å²) in [6, 6.07) is 4.41. The highest BCUT2D eigenvalue weighted by Gasteiger charge is 2.36. The molecule has 1 saturated heterocycles. The fourth-order valence-corrected chi connectivity index (χ4v) is 2.55. The molecule has 0 spiro atoms. The van der Waals surface area contributed by atoms with Gasteiger partial charge in [0.05, 0.1) is 0 Å². The summed E-state index contributed by atoms with van der Waals surface area (Å²) in [4.78, 5) is 10.8. The quantitative estimate of drug-likeness (QED) is 0.670. The Labute approximate surface area is 97.5 Å². The first-order chi connectivity index (χ1) is 7.39. The van der Waals surface area contributed by atoms with Crippen molar-refractivity contribution < 1.29 is 9.78 Å². The van der Waals surface area contributed by atoms with E-state index in [9.17, 15) is 0 Å². The second kappa shape index (κ2) is 3.86. The zero-order chi connectivity index (χ0) is 11.9.